The molecule has 1 atom stereocenters. The Bertz CT molecular complexity index is 496. The number of aliphatic hydroxyl groups excluding tert-OH is 1. The lowest BCUT2D eigenvalue weighted by Gasteiger charge is -2.11. The van der Waals surface area contributed by atoms with Crippen LogP contribution in [0, 0.1) is 6.92 Å². The molecule has 0 fully saturated rings. The van der Waals surface area contributed by atoms with Crippen molar-refractivity contribution in [2.45, 2.75) is 19.6 Å². The van der Waals surface area contributed by atoms with Crippen LogP contribution in [0.5, 0.6) is 0 Å². The normalized spacial score (nSPS) is 12.6. The lowest BCUT2D eigenvalue weighted by atomic mass is 10.1. The summed E-state index contributed by atoms with van der Waals surface area (Å²) in [6.45, 7) is 2.86. The van der Waals surface area contributed by atoms with Crippen LogP contribution >= 0.6 is 11.6 Å². The van der Waals surface area contributed by atoms with Crippen molar-refractivity contribution in [3.05, 3.63) is 52.4 Å². The van der Waals surface area contributed by atoms with Crippen LogP contribution in [-0.2, 0) is 6.54 Å². The van der Waals surface area contributed by atoms with Crippen molar-refractivity contribution in [2.75, 3.05) is 6.54 Å². The molecule has 1 aromatic carbocycles. The summed E-state index contributed by atoms with van der Waals surface area (Å²) in [6.07, 6.45) is -0.564. The smallest absolute Gasteiger partial charge is 0.150 e. The van der Waals surface area contributed by atoms with Gasteiger partial charge < -0.3 is 14.9 Å². The monoisotopic (exact) mass is 266 g/mol. The van der Waals surface area contributed by atoms with Gasteiger partial charge in [-0.1, -0.05) is 28.9 Å². The highest BCUT2D eigenvalue weighted by molar-refractivity contribution is 6.30. The first-order chi connectivity index (χ1) is 8.65. The van der Waals surface area contributed by atoms with Crippen LogP contribution in [0.1, 0.15) is 23.1 Å². The highest BCUT2D eigenvalue weighted by atomic mass is 35.5. The number of aliphatic hydroxyl groups is 1. The molecule has 1 unspecified atom stereocenters. The molecular weight excluding hydrogens is 252 g/mol. The van der Waals surface area contributed by atoms with Gasteiger partial charge in [-0.25, -0.2) is 0 Å². The Labute approximate surface area is 111 Å². The van der Waals surface area contributed by atoms with Crippen LogP contribution < -0.4 is 5.32 Å². The topological polar surface area (TPSA) is 58.3 Å². The Hall–Kier alpha value is -1.36. The zero-order valence-corrected chi connectivity index (χ0v) is 10.8. The van der Waals surface area contributed by atoms with Crippen LogP contribution in [0.3, 0.4) is 0 Å². The number of halogens is 1. The zero-order valence-electron chi connectivity index (χ0n) is 10.1. The fourth-order valence-corrected chi connectivity index (χ4v) is 1.76. The second-order valence-electron chi connectivity index (χ2n) is 4.13. The third-order valence-corrected chi connectivity index (χ3v) is 2.82. The summed E-state index contributed by atoms with van der Waals surface area (Å²) in [5, 5.41) is 17.5. The number of nitrogens with zero attached hydrogens (tertiary/aromatic N) is 1. The molecule has 1 heterocycles. The summed E-state index contributed by atoms with van der Waals surface area (Å²) < 4.78 is 5.06. The van der Waals surface area contributed by atoms with Crippen molar-refractivity contribution in [2.24, 2.45) is 0 Å². The van der Waals surface area contributed by atoms with E-state index in [2.05, 4.69) is 10.5 Å². The molecule has 2 rings (SSSR count). The predicted molar refractivity (Wildman–Crippen MR) is 69.4 cm³/mol. The van der Waals surface area contributed by atoms with E-state index >= 15 is 0 Å². The molecule has 4 nitrogen and oxygen atoms in total. The second kappa shape index (κ2) is 6.00. The molecule has 0 bridgehead atoms. The summed E-state index contributed by atoms with van der Waals surface area (Å²) in [5.41, 5.74) is 1.69. The third-order valence-electron chi connectivity index (χ3n) is 2.57. The Morgan fingerprint density at radius 2 is 2.11 bits per heavy atom. The predicted octanol–water partition coefficient (Wildman–Crippen LogP) is 2.46. The minimum atomic E-state index is -0.564. The van der Waals surface area contributed by atoms with Crippen molar-refractivity contribution < 1.29 is 9.63 Å². The lowest BCUT2D eigenvalue weighted by molar-refractivity contribution is 0.173. The molecule has 0 aliphatic heterocycles. The second-order valence-corrected chi connectivity index (χ2v) is 4.57. The van der Waals surface area contributed by atoms with Gasteiger partial charge in [-0.3, -0.25) is 0 Å². The molecule has 0 amide bonds. The number of aromatic nitrogens is 1. The number of hydrogen-bond donors (Lipinski definition) is 2. The largest absolute Gasteiger partial charge is 0.387 e. The van der Waals surface area contributed by atoms with Crippen LogP contribution in [0.2, 0.25) is 5.02 Å². The zero-order chi connectivity index (χ0) is 13.0. The van der Waals surface area contributed by atoms with Crippen molar-refractivity contribution in [1.82, 2.24) is 10.5 Å². The van der Waals surface area contributed by atoms with Gasteiger partial charge in [0.15, 0.2) is 5.76 Å². The van der Waals surface area contributed by atoms with Crippen LogP contribution in [0.15, 0.2) is 34.9 Å². The minimum absolute atomic E-state index is 0.446. The molecule has 2 aromatic rings. The van der Waals surface area contributed by atoms with Gasteiger partial charge in [-0.05, 0) is 24.6 Å². The first-order valence-electron chi connectivity index (χ1n) is 5.71. The van der Waals surface area contributed by atoms with E-state index in [-0.39, 0.29) is 0 Å². The maximum absolute atomic E-state index is 9.94. The van der Waals surface area contributed by atoms with E-state index in [0.717, 1.165) is 17.0 Å². The molecule has 0 aliphatic carbocycles. The summed E-state index contributed by atoms with van der Waals surface area (Å²) in [6, 6.07) is 9.02. The standard InChI is InChI=1S/C13H15ClN2O2/c1-9-6-12(18-16-9)7-15-8-13(17)10-2-4-11(14)5-3-10/h2-6,13,15,17H,7-8H2,1H3. The van der Waals surface area contributed by atoms with E-state index in [9.17, 15) is 5.11 Å². The van der Waals surface area contributed by atoms with Crippen LogP contribution in [-0.4, -0.2) is 16.8 Å². The van der Waals surface area contributed by atoms with Crippen LogP contribution in [0.25, 0.3) is 0 Å². The average Bonchev–Trinajstić information content (AvgIpc) is 2.76. The van der Waals surface area contributed by atoms with Gasteiger partial charge in [-0.2, -0.15) is 0 Å². The van der Waals surface area contributed by atoms with Gasteiger partial charge in [-0.15, -0.1) is 0 Å². The Balaban J connectivity index is 1.81. The molecule has 0 saturated carbocycles. The van der Waals surface area contributed by atoms with Gasteiger partial charge in [0.2, 0.25) is 0 Å². The maximum atomic E-state index is 9.94. The summed E-state index contributed by atoms with van der Waals surface area (Å²) in [5.74, 6) is 0.760. The first-order valence-corrected chi connectivity index (χ1v) is 6.09. The van der Waals surface area contributed by atoms with Crippen molar-refractivity contribution in [1.29, 1.82) is 0 Å². The molecular formula is C13H15ClN2O2. The molecule has 0 aliphatic rings. The van der Waals surface area contributed by atoms with Gasteiger partial charge in [0, 0.05) is 17.6 Å². The van der Waals surface area contributed by atoms with Gasteiger partial charge in [0.1, 0.15) is 0 Å². The molecule has 0 radical (unpaired) electrons. The van der Waals surface area contributed by atoms with Crippen molar-refractivity contribution in [3.8, 4) is 0 Å². The lowest BCUT2D eigenvalue weighted by Crippen LogP contribution is -2.20. The summed E-state index contributed by atoms with van der Waals surface area (Å²) in [7, 11) is 0. The van der Waals surface area contributed by atoms with Crippen molar-refractivity contribution in [3.63, 3.8) is 0 Å². The van der Waals surface area contributed by atoms with E-state index in [1.54, 1.807) is 12.1 Å². The number of hydrogen-bond acceptors (Lipinski definition) is 4. The summed E-state index contributed by atoms with van der Waals surface area (Å²) in [4.78, 5) is 0. The van der Waals surface area contributed by atoms with E-state index in [1.807, 2.05) is 25.1 Å². The SMILES string of the molecule is Cc1cc(CNCC(O)c2ccc(Cl)cc2)on1. The van der Waals surface area contributed by atoms with Gasteiger partial charge >= 0.3 is 0 Å². The Morgan fingerprint density at radius 3 is 2.72 bits per heavy atom. The number of aryl methyl sites for hydroxylation is 1. The van der Waals surface area contributed by atoms with Gasteiger partial charge in [0.25, 0.3) is 0 Å². The van der Waals surface area contributed by atoms with E-state index in [0.29, 0.717) is 18.1 Å². The molecule has 1 aromatic heterocycles. The Kier molecular flexibility index (Phi) is 4.36. The minimum Gasteiger partial charge on any atom is -0.387 e. The molecule has 5 heteroatoms. The Morgan fingerprint density at radius 1 is 1.39 bits per heavy atom. The fraction of sp³-hybridized carbons (Fsp3) is 0.308. The van der Waals surface area contributed by atoms with Crippen LogP contribution in [0.4, 0.5) is 0 Å². The third kappa shape index (κ3) is 3.57. The van der Waals surface area contributed by atoms with E-state index in [4.69, 9.17) is 16.1 Å². The fourth-order valence-electron chi connectivity index (χ4n) is 1.63. The number of nitrogens with one attached hydrogen (secondary N) is 1. The molecule has 2 N–H and O–H groups in total. The number of rotatable bonds is 5. The van der Waals surface area contributed by atoms with Crippen molar-refractivity contribution >= 4 is 11.6 Å². The first kappa shape index (κ1) is 13.1. The quantitative estimate of drug-likeness (QED) is 0.873. The summed E-state index contributed by atoms with van der Waals surface area (Å²) >= 11 is 5.79. The highest BCUT2D eigenvalue weighted by Gasteiger charge is 2.07. The molecule has 96 valence electrons. The highest BCUT2D eigenvalue weighted by Crippen LogP contribution is 2.15. The van der Waals surface area contributed by atoms with E-state index < -0.39 is 6.10 Å². The van der Waals surface area contributed by atoms with Gasteiger partial charge in [0.05, 0.1) is 18.3 Å². The molecule has 0 saturated heterocycles. The maximum Gasteiger partial charge on any atom is 0.150 e. The average molecular weight is 267 g/mol. The number of benzene rings is 1. The molecule has 18 heavy (non-hydrogen) atoms. The van der Waals surface area contributed by atoms with E-state index in [1.165, 1.54) is 0 Å². The molecule has 0 spiro atoms.